The summed E-state index contributed by atoms with van der Waals surface area (Å²) in [7, 11) is -3.37. The summed E-state index contributed by atoms with van der Waals surface area (Å²) in [6.45, 7) is 6.20. The number of fused-ring (bicyclic) bond motifs is 2. The van der Waals surface area contributed by atoms with Crippen molar-refractivity contribution in [2.24, 2.45) is 9.50 Å². The van der Waals surface area contributed by atoms with Gasteiger partial charge < -0.3 is 10.4 Å². The van der Waals surface area contributed by atoms with Gasteiger partial charge in [0.15, 0.2) is 9.92 Å². The third-order valence-electron chi connectivity index (χ3n) is 6.14. The number of thiophene rings is 1. The minimum atomic E-state index is -3.37. The van der Waals surface area contributed by atoms with E-state index in [1.807, 2.05) is 6.92 Å². The molecule has 1 unspecified atom stereocenters. The molecule has 30 heavy (non-hydrogen) atoms. The van der Waals surface area contributed by atoms with Crippen molar-refractivity contribution in [1.82, 2.24) is 4.98 Å². The lowest BCUT2D eigenvalue weighted by Crippen LogP contribution is -2.19. The third-order valence-corrected chi connectivity index (χ3v) is 9.02. The van der Waals surface area contributed by atoms with E-state index in [1.165, 1.54) is 11.3 Å². The Morgan fingerprint density at radius 1 is 1.40 bits per heavy atom. The summed E-state index contributed by atoms with van der Waals surface area (Å²) in [5.74, 6) is -0.0932. The number of nitrogens with one attached hydrogen (secondary N) is 1. The Balaban J connectivity index is 1.67. The summed E-state index contributed by atoms with van der Waals surface area (Å²) < 4.78 is 17.1. The van der Waals surface area contributed by atoms with Crippen molar-refractivity contribution >= 4 is 33.0 Å². The average Bonchev–Trinajstić information content (AvgIpc) is 3.40. The molecule has 2 aromatic rings. The van der Waals surface area contributed by atoms with E-state index in [0.29, 0.717) is 4.21 Å². The summed E-state index contributed by atoms with van der Waals surface area (Å²) in [5.41, 5.74) is 5.85. The predicted octanol–water partition coefficient (Wildman–Crippen LogP) is 3.88. The second kappa shape index (κ2) is 7.71. The second-order valence-corrected chi connectivity index (χ2v) is 11.8. The van der Waals surface area contributed by atoms with Crippen molar-refractivity contribution in [3.63, 3.8) is 0 Å². The van der Waals surface area contributed by atoms with Crippen molar-refractivity contribution < 1.29 is 14.1 Å². The first-order chi connectivity index (χ1) is 14.1. The first kappa shape index (κ1) is 21.4. The zero-order valence-corrected chi connectivity index (χ0v) is 19.2. The lowest BCUT2D eigenvalue weighted by molar-refractivity contribution is 0.260. The zero-order valence-electron chi connectivity index (χ0n) is 17.5. The quantitative estimate of drug-likeness (QED) is 0.658. The SMILES string of the molecule is C[C@@H](CO)c1csc(S(N)(=O)=NC(=O)Nc2c3c(nc4c2CCC4(C)C)CCC3)c1. The Morgan fingerprint density at radius 3 is 2.90 bits per heavy atom. The first-order valence-electron chi connectivity index (χ1n) is 10.2. The molecule has 162 valence electrons. The molecule has 2 amide bonds. The maximum absolute atomic E-state index is 13.0. The van der Waals surface area contributed by atoms with E-state index in [0.717, 1.165) is 65.9 Å². The number of nitrogens with two attached hydrogens (primary N) is 1. The number of aromatic nitrogens is 1. The Kier molecular flexibility index (Phi) is 5.50. The van der Waals surface area contributed by atoms with Crippen molar-refractivity contribution in [1.29, 1.82) is 0 Å². The van der Waals surface area contributed by atoms with Gasteiger partial charge in [0, 0.05) is 23.6 Å². The summed E-state index contributed by atoms with van der Waals surface area (Å²) in [6.07, 6.45) is 4.63. The molecule has 2 aliphatic carbocycles. The minimum Gasteiger partial charge on any atom is -0.396 e. The number of aliphatic hydroxyl groups is 1. The molecule has 0 aromatic carbocycles. The number of urea groups is 1. The highest BCUT2D eigenvalue weighted by atomic mass is 32.2. The van der Waals surface area contributed by atoms with Gasteiger partial charge in [0.05, 0.1) is 11.4 Å². The van der Waals surface area contributed by atoms with Crippen molar-refractivity contribution in [3.05, 3.63) is 39.5 Å². The summed E-state index contributed by atoms with van der Waals surface area (Å²) in [6, 6.07) is 0.967. The largest absolute Gasteiger partial charge is 0.396 e. The molecular formula is C21H28N4O3S2. The van der Waals surface area contributed by atoms with Crippen LogP contribution < -0.4 is 10.5 Å². The standard InChI is InChI=1S/C21H28N4O3S2/c1-12(10-26)13-9-17(29-11-13)30(22,28)25-20(27)24-18-14-5-4-6-16(14)23-19-15(18)7-8-21(19,2)3/h9,11-12,26H,4-8,10H2,1-3H3,(H3,22,23,24,25,27,28)/t12-,30?/m0/s1. The Morgan fingerprint density at radius 2 is 2.17 bits per heavy atom. The molecule has 0 radical (unpaired) electrons. The molecule has 2 heterocycles. The van der Waals surface area contributed by atoms with Crippen LogP contribution in [0.1, 0.15) is 67.6 Å². The van der Waals surface area contributed by atoms with E-state index >= 15 is 0 Å². The molecule has 4 rings (SSSR count). The van der Waals surface area contributed by atoms with Crippen molar-refractivity contribution in [3.8, 4) is 0 Å². The molecule has 0 bridgehead atoms. The van der Waals surface area contributed by atoms with Crippen LogP contribution in [0.3, 0.4) is 0 Å². The number of pyridine rings is 1. The first-order valence-corrected chi connectivity index (χ1v) is 12.7. The normalized spacial score (nSPS) is 19.6. The highest BCUT2D eigenvalue weighted by Gasteiger charge is 2.36. The van der Waals surface area contributed by atoms with Crippen LogP contribution in [0.4, 0.5) is 10.5 Å². The van der Waals surface area contributed by atoms with Gasteiger partial charge in [-0.1, -0.05) is 20.8 Å². The molecule has 0 saturated carbocycles. The van der Waals surface area contributed by atoms with Crippen LogP contribution in [-0.2, 0) is 34.6 Å². The fourth-order valence-corrected chi connectivity index (χ4v) is 6.53. The van der Waals surface area contributed by atoms with Crippen LogP contribution in [-0.4, -0.2) is 26.9 Å². The fraction of sp³-hybridized carbons (Fsp3) is 0.524. The molecule has 4 N–H and O–H groups in total. The minimum absolute atomic E-state index is 0.0197. The molecule has 2 aromatic heterocycles. The highest BCUT2D eigenvalue weighted by Crippen LogP contribution is 2.44. The van der Waals surface area contributed by atoms with Crippen molar-refractivity contribution in [2.75, 3.05) is 11.9 Å². The van der Waals surface area contributed by atoms with E-state index in [9.17, 15) is 14.1 Å². The van der Waals surface area contributed by atoms with Gasteiger partial charge in [0.25, 0.3) is 0 Å². The molecule has 0 saturated heterocycles. The van der Waals surface area contributed by atoms with E-state index in [2.05, 4.69) is 23.5 Å². The smallest absolute Gasteiger partial charge is 0.354 e. The van der Waals surface area contributed by atoms with Crippen LogP contribution in [0.25, 0.3) is 0 Å². The molecule has 2 atom stereocenters. The number of hydrogen-bond donors (Lipinski definition) is 3. The van der Waals surface area contributed by atoms with Crippen LogP contribution in [0, 0.1) is 0 Å². The van der Waals surface area contributed by atoms with Gasteiger partial charge in [-0.2, -0.15) is 0 Å². The summed E-state index contributed by atoms with van der Waals surface area (Å²) >= 11 is 1.19. The number of carbonyl (C=O) groups is 1. The molecule has 0 aliphatic heterocycles. The number of carbonyl (C=O) groups excluding carboxylic acids is 1. The van der Waals surface area contributed by atoms with E-state index in [4.69, 9.17) is 10.1 Å². The number of rotatable bonds is 4. The third kappa shape index (κ3) is 3.79. The maximum Gasteiger partial charge on any atom is 0.354 e. The van der Waals surface area contributed by atoms with Gasteiger partial charge in [-0.3, -0.25) is 4.98 Å². The molecule has 0 fully saturated rings. The topological polar surface area (TPSA) is 118 Å². The van der Waals surface area contributed by atoms with Crippen LogP contribution in [0.5, 0.6) is 0 Å². The van der Waals surface area contributed by atoms with Crippen LogP contribution in [0.15, 0.2) is 20.0 Å². The number of aliphatic hydroxyl groups excluding tert-OH is 1. The second-order valence-electron chi connectivity index (χ2n) is 8.85. The summed E-state index contributed by atoms with van der Waals surface area (Å²) in [5, 5.41) is 20.0. The number of aryl methyl sites for hydroxylation is 1. The molecule has 0 spiro atoms. The van der Waals surface area contributed by atoms with Gasteiger partial charge in [-0.25, -0.2) is 14.1 Å². The van der Waals surface area contributed by atoms with Crippen LogP contribution in [0.2, 0.25) is 0 Å². The maximum atomic E-state index is 13.0. The molecule has 2 aliphatic rings. The zero-order chi connectivity index (χ0) is 21.7. The van der Waals surface area contributed by atoms with E-state index in [-0.39, 0.29) is 17.9 Å². The lowest BCUT2D eigenvalue weighted by atomic mass is 9.90. The van der Waals surface area contributed by atoms with Gasteiger partial charge in [-0.15, -0.1) is 15.7 Å². The van der Waals surface area contributed by atoms with Crippen molar-refractivity contribution in [2.45, 2.75) is 68.4 Å². The Labute approximate surface area is 181 Å². The summed E-state index contributed by atoms with van der Waals surface area (Å²) in [4.78, 5) is 17.7. The highest BCUT2D eigenvalue weighted by molar-refractivity contribution is 7.93. The number of anilines is 1. The fourth-order valence-electron chi connectivity index (χ4n) is 4.28. The number of nitrogens with zero attached hydrogens (tertiary/aromatic N) is 2. The number of amides is 2. The molecule has 7 nitrogen and oxygen atoms in total. The van der Waals surface area contributed by atoms with Gasteiger partial charge >= 0.3 is 6.03 Å². The Bertz CT molecular complexity index is 1130. The van der Waals surface area contributed by atoms with Gasteiger partial charge in [0.2, 0.25) is 0 Å². The van der Waals surface area contributed by atoms with Gasteiger partial charge in [0.1, 0.15) is 4.21 Å². The van der Waals surface area contributed by atoms with E-state index in [1.54, 1.807) is 11.4 Å². The predicted molar refractivity (Wildman–Crippen MR) is 119 cm³/mol. The molecular weight excluding hydrogens is 420 g/mol. The average molecular weight is 449 g/mol. The Hall–Kier alpha value is -1.81. The van der Waals surface area contributed by atoms with E-state index < -0.39 is 15.9 Å². The lowest BCUT2D eigenvalue weighted by Gasteiger charge is -2.20. The molecule has 9 heteroatoms. The van der Waals surface area contributed by atoms with Crippen LogP contribution >= 0.6 is 11.3 Å². The number of hydrogen-bond acceptors (Lipinski definition) is 5. The van der Waals surface area contributed by atoms with Gasteiger partial charge in [-0.05, 0) is 60.2 Å². The monoisotopic (exact) mass is 448 g/mol.